The number of ketones is 2. The normalized spacial score (nSPS) is 11.3. The van der Waals surface area contributed by atoms with Crippen molar-refractivity contribution in [1.82, 2.24) is 0 Å². The Labute approximate surface area is 295 Å². The van der Waals surface area contributed by atoms with Crippen LogP contribution in [-0.4, -0.2) is 11.6 Å². The third kappa shape index (κ3) is 21.7. The molecular weight excluding hydrogens is 593 g/mol. The van der Waals surface area contributed by atoms with E-state index >= 15 is 0 Å². The van der Waals surface area contributed by atoms with E-state index in [1.165, 1.54) is 141 Å². The lowest BCUT2D eigenvalue weighted by atomic mass is 10.0. The van der Waals surface area contributed by atoms with Gasteiger partial charge in [-0.2, -0.15) is 0 Å². The van der Waals surface area contributed by atoms with E-state index in [0.717, 1.165) is 46.6 Å². The maximum atomic E-state index is 12.7. The minimum atomic E-state index is 0.260. The first-order valence-corrected chi connectivity index (χ1v) is 20.9. The van der Waals surface area contributed by atoms with Gasteiger partial charge in [-0.05, 0) is 37.1 Å². The van der Waals surface area contributed by atoms with Crippen LogP contribution in [0.3, 0.4) is 0 Å². The first-order valence-electron chi connectivity index (χ1n) is 20.1. The van der Waals surface area contributed by atoms with E-state index < -0.39 is 0 Å². The molecule has 3 heteroatoms. The highest BCUT2D eigenvalue weighted by Gasteiger charge is 2.08. The van der Waals surface area contributed by atoms with Crippen LogP contribution in [-0.2, 0) is 0 Å². The van der Waals surface area contributed by atoms with Crippen molar-refractivity contribution in [3.8, 4) is 0 Å². The molecule has 0 amide bonds. The van der Waals surface area contributed by atoms with Crippen molar-refractivity contribution in [2.24, 2.45) is 0 Å². The molecule has 0 aliphatic carbocycles. The zero-order valence-electron chi connectivity index (χ0n) is 30.6. The average Bonchev–Trinajstić information content (AvgIpc) is 3.09. The summed E-state index contributed by atoms with van der Waals surface area (Å²) in [5.41, 5.74) is 1.64. The third-order valence-electron chi connectivity index (χ3n) is 9.60. The van der Waals surface area contributed by atoms with Crippen LogP contribution in [0.1, 0.15) is 214 Å². The number of carbonyl (C=O) groups is 2. The molecule has 0 spiro atoms. The van der Waals surface area contributed by atoms with Gasteiger partial charge in [-0.3, -0.25) is 9.59 Å². The van der Waals surface area contributed by atoms with Gasteiger partial charge in [0, 0.05) is 33.8 Å². The van der Waals surface area contributed by atoms with Gasteiger partial charge < -0.3 is 0 Å². The molecule has 0 unspecified atom stereocenters. The Morgan fingerprint density at radius 3 is 0.851 bits per heavy atom. The molecule has 0 aliphatic rings. The number of hydrogen-bond donors (Lipinski definition) is 0. The monoisotopic (exact) mass is 663 g/mol. The average molecular weight is 663 g/mol. The topological polar surface area (TPSA) is 34.1 Å². The number of rotatable bonds is 32. The summed E-state index contributed by atoms with van der Waals surface area (Å²) in [6.07, 6.45) is 35.7. The molecule has 2 nitrogen and oxygen atoms in total. The van der Waals surface area contributed by atoms with Gasteiger partial charge in [-0.1, -0.05) is 204 Å². The molecule has 0 aliphatic heterocycles. The lowest BCUT2D eigenvalue weighted by molar-refractivity contribution is 0.0971. The molecule has 0 radical (unpaired) electrons. The van der Waals surface area contributed by atoms with Crippen molar-refractivity contribution in [3.05, 3.63) is 59.7 Å². The van der Waals surface area contributed by atoms with Crippen molar-refractivity contribution in [1.29, 1.82) is 0 Å². The second-order valence-electron chi connectivity index (χ2n) is 14.0. The van der Waals surface area contributed by atoms with Gasteiger partial charge in [-0.25, -0.2) is 0 Å². The SMILES string of the molecule is CCCCCCCCCCCCCCCC(=O)c1ccc(Sc2ccc(C(=O)CCCCCCCCCCCCCCC)cc2)cc1. The quantitative estimate of drug-likeness (QED) is 0.0577. The van der Waals surface area contributed by atoms with E-state index in [1.807, 2.05) is 24.3 Å². The molecule has 0 heterocycles. The smallest absolute Gasteiger partial charge is 0.162 e. The standard InChI is InChI=1S/C44H70O2S/c1-3-5-7-9-11-13-15-17-19-21-23-25-27-29-43(45)39-31-35-41(36-32-39)47-42-37-33-40(34-38-42)44(46)30-28-26-24-22-20-18-16-14-12-10-8-6-4-2/h31-38H,3-30H2,1-2H3. The first kappa shape index (κ1) is 41.3. The number of Topliss-reactive ketones (excluding diaryl/α,β-unsaturated/α-hetero) is 2. The first-order chi connectivity index (χ1) is 23.1. The minimum absolute atomic E-state index is 0.260. The Kier molecular flexibility index (Phi) is 25.6. The van der Waals surface area contributed by atoms with Crippen LogP contribution >= 0.6 is 11.8 Å². The van der Waals surface area contributed by atoms with Crippen molar-refractivity contribution >= 4 is 23.3 Å². The van der Waals surface area contributed by atoms with E-state index in [4.69, 9.17) is 0 Å². The van der Waals surface area contributed by atoms with Gasteiger partial charge in [0.2, 0.25) is 0 Å². The summed E-state index contributed by atoms with van der Waals surface area (Å²) in [7, 11) is 0. The van der Waals surface area contributed by atoms with E-state index in [0.29, 0.717) is 12.8 Å². The molecule has 0 aromatic heterocycles. The van der Waals surface area contributed by atoms with Crippen LogP contribution in [0.2, 0.25) is 0 Å². The van der Waals surface area contributed by atoms with Crippen LogP contribution in [0.15, 0.2) is 58.3 Å². The molecule has 0 bridgehead atoms. The molecule has 0 saturated heterocycles. The van der Waals surface area contributed by atoms with E-state index in [9.17, 15) is 9.59 Å². The zero-order valence-corrected chi connectivity index (χ0v) is 31.5. The number of benzene rings is 2. The van der Waals surface area contributed by atoms with E-state index in [1.54, 1.807) is 11.8 Å². The summed E-state index contributed by atoms with van der Waals surface area (Å²) < 4.78 is 0. The molecule has 0 atom stereocenters. The molecule has 2 aromatic carbocycles. The maximum absolute atomic E-state index is 12.7. The second kappa shape index (κ2) is 29.1. The van der Waals surface area contributed by atoms with Gasteiger partial charge >= 0.3 is 0 Å². The maximum Gasteiger partial charge on any atom is 0.162 e. The van der Waals surface area contributed by atoms with Crippen LogP contribution in [0, 0.1) is 0 Å². The molecule has 2 rings (SSSR count). The lowest BCUT2D eigenvalue weighted by Gasteiger charge is -2.06. The number of carbonyl (C=O) groups excluding carboxylic acids is 2. The molecule has 0 fully saturated rings. The predicted octanol–water partition coefficient (Wildman–Crippen LogP) is 15.2. The highest BCUT2D eigenvalue weighted by Crippen LogP contribution is 2.29. The predicted molar refractivity (Wildman–Crippen MR) is 206 cm³/mol. The Morgan fingerprint density at radius 2 is 0.596 bits per heavy atom. The van der Waals surface area contributed by atoms with Crippen LogP contribution in [0.4, 0.5) is 0 Å². The van der Waals surface area contributed by atoms with Crippen molar-refractivity contribution in [2.75, 3.05) is 0 Å². The summed E-state index contributed by atoms with van der Waals surface area (Å²) >= 11 is 1.68. The van der Waals surface area contributed by atoms with Gasteiger partial charge in [0.1, 0.15) is 0 Å². The Balaban J connectivity index is 1.50. The van der Waals surface area contributed by atoms with Crippen LogP contribution in [0.25, 0.3) is 0 Å². The number of unbranched alkanes of at least 4 members (excludes halogenated alkanes) is 24. The fourth-order valence-corrected chi connectivity index (χ4v) is 7.27. The molecule has 0 saturated carbocycles. The molecule has 0 N–H and O–H groups in total. The Bertz CT molecular complexity index is 942. The highest BCUT2D eigenvalue weighted by molar-refractivity contribution is 7.99. The van der Waals surface area contributed by atoms with Gasteiger partial charge in [0.05, 0.1) is 0 Å². The fourth-order valence-electron chi connectivity index (χ4n) is 6.45. The number of hydrogen-bond acceptors (Lipinski definition) is 3. The Morgan fingerprint density at radius 1 is 0.362 bits per heavy atom. The largest absolute Gasteiger partial charge is 0.294 e. The van der Waals surface area contributed by atoms with Crippen molar-refractivity contribution in [2.45, 2.75) is 203 Å². The summed E-state index contributed by atoms with van der Waals surface area (Å²) in [5, 5.41) is 0. The fraction of sp³-hybridized carbons (Fsp3) is 0.682. The Hall–Kier alpha value is -1.87. The highest BCUT2D eigenvalue weighted by atomic mass is 32.2. The minimum Gasteiger partial charge on any atom is -0.294 e. The zero-order chi connectivity index (χ0) is 33.6. The van der Waals surface area contributed by atoms with Gasteiger partial charge in [0.25, 0.3) is 0 Å². The molecule has 47 heavy (non-hydrogen) atoms. The summed E-state index contributed by atoms with van der Waals surface area (Å²) in [6, 6.07) is 16.1. The second-order valence-corrected chi connectivity index (χ2v) is 15.1. The molecule has 264 valence electrons. The van der Waals surface area contributed by atoms with E-state index in [-0.39, 0.29) is 11.6 Å². The van der Waals surface area contributed by atoms with Crippen LogP contribution < -0.4 is 0 Å². The summed E-state index contributed by atoms with van der Waals surface area (Å²) in [6.45, 7) is 4.56. The van der Waals surface area contributed by atoms with E-state index in [2.05, 4.69) is 38.1 Å². The summed E-state index contributed by atoms with van der Waals surface area (Å²) in [5.74, 6) is 0.520. The van der Waals surface area contributed by atoms with Crippen LogP contribution in [0.5, 0.6) is 0 Å². The molecular formula is C44H70O2S. The third-order valence-corrected chi connectivity index (χ3v) is 10.6. The molecule has 2 aromatic rings. The summed E-state index contributed by atoms with van der Waals surface area (Å²) in [4.78, 5) is 27.6. The lowest BCUT2D eigenvalue weighted by Crippen LogP contribution is -1.99. The van der Waals surface area contributed by atoms with Gasteiger partial charge in [0.15, 0.2) is 11.6 Å². The van der Waals surface area contributed by atoms with Gasteiger partial charge in [-0.15, -0.1) is 0 Å². The van der Waals surface area contributed by atoms with Crippen molar-refractivity contribution < 1.29 is 9.59 Å². The van der Waals surface area contributed by atoms with Crippen molar-refractivity contribution in [3.63, 3.8) is 0 Å².